The first-order valence-electron chi connectivity index (χ1n) is 9.74. The number of rotatable bonds is 3. The predicted molar refractivity (Wildman–Crippen MR) is 116 cm³/mol. The van der Waals surface area contributed by atoms with E-state index in [9.17, 15) is 14.9 Å². The number of nitrogens with zero attached hydrogens (tertiary/aromatic N) is 2. The van der Waals surface area contributed by atoms with Gasteiger partial charge in [0.15, 0.2) is 11.6 Å². The Hall–Kier alpha value is -3.26. The molecular weight excluding hydrogens is 400 g/mol. The number of nitro groups is 1. The number of non-ortho nitro benzene ring substituents is 1. The summed E-state index contributed by atoms with van der Waals surface area (Å²) in [5.41, 5.74) is 4.18. The van der Waals surface area contributed by atoms with Crippen molar-refractivity contribution in [2.75, 3.05) is 5.32 Å². The largest absolute Gasteiger partial charge is 0.342 e. The molecule has 3 aromatic rings. The lowest BCUT2D eigenvalue weighted by atomic mass is 9.70. The van der Waals surface area contributed by atoms with Gasteiger partial charge in [0.25, 0.3) is 5.69 Å². The fraction of sp³-hybridized carbons (Fsp3) is 0.273. The number of carbonyl (C=O) groups is 1. The Balaban J connectivity index is 1.68. The Labute approximate surface area is 177 Å². The molecule has 3 heterocycles. The molecule has 1 aliphatic heterocycles. The van der Waals surface area contributed by atoms with Crippen LogP contribution in [0.1, 0.15) is 43.0 Å². The summed E-state index contributed by atoms with van der Waals surface area (Å²) in [6.45, 7) is 4.22. The van der Waals surface area contributed by atoms with Gasteiger partial charge in [-0.1, -0.05) is 19.9 Å². The highest BCUT2D eigenvalue weighted by Gasteiger charge is 2.43. The third kappa shape index (κ3) is 2.95. The Morgan fingerprint density at radius 1 is 1.20 bits per heavy atom. The molecular formula is C22H20N4O3S. The van der Waals surface area contributed by atoms with Crippen LogP contribution in [0.3, 0.4) is 0 Å². The number of aromatic nitrogens is 2. The maximum absolute atomic E-state index is 13.3. The molecule has 8 heteroatoms. The molecule has 1 atom stereocenters. The molecule has 0 bridgehead atoms. The standard InChI is InChI=1S/C22H20N4O3S/c1-22(2)10-14-17(15(27)11-22)18(16-4-3-9-30-16)19-20(24-25-21(19)23-14)12-5-7-13(8-6-12)26(28)29/h3-9,18H,10-11H2,1-2H3,(H2,23,24,25). The number of anilines is 1. The normalized spacial score (nSPS) is 19.8. The molecule has 2 aromatic heterocycles. The zero-order valence-electron chi connectivity index (χ0n) is 16.6. The first-order chi connectivity index (χ1) is 14.3. The summed E-state index contributed by atoms with van der Waals surface area (Å²) in [6, 6.07) is 10.4. The van der Waals surface area contributed by atoms with Gasteiger partial charge in [-0.15, -0.1) is 11.3 Å². The topological polar surface area (TPSA) is 101 Å². The molecule has 1 aliphatic carbocycles. The second-order valence-electron chi connectivity index (χ2n) is 8.57. The average Bonchev–Trinajstić information content (AvgIpc) is 3.35. The molecule has 30 heavy (non-hydrogen) atoms. The monoisotopic (exact) mass is 420 g/mol. The van der Waals surface area contributed by atoms with Crippen LogP contribution < -0.4 is 5.32 Å². The summed E-state index contributed by atoms with van der Waals surface area (Å²) in [5.74, 6) is 0.670. The van der Waals surface area contributed by atoms with Gasteiger partial charge in [0.1, 0.15) is 0 Å². The minimum absolute atomic E-state index is 0.0368. The van der Waals surface area contributed by atoms with E-state index >= 15 is 0 Å². The summed E-state index contributed by atoms with van der Waals surface area (Å²) < 4.78 is 0. The lowest BCUT2D eigenvalue weighted by molar-refractivity contribution is -0.384. The molecule has 0 spiro atoms. The number of nitro benzene ring substituents is 1. The second-order valence-corrected chi connectivity index (χ2v) is 9.55. The van der Waals surface area contributed by atoms with Gasteiger partial charge in [-0.05, 0) is 35.4 Å². The number of aromatic amines is 1. The smallest absolute Gasteiger partial charge is 0.269 e. The van der Waals surface area contributed by atoms with E-state index in [-0.39, 0.29) is 22.8 Å². The second kappa shape index (κ2) is 6.63. The number of Topliss-reactive ketones (excluding diaryl/α,β-unsaturated/α-hetero) is 1. The minimum atomic E-state index is -0.415. The van der Waals surface area contributed by atoms with Gasteiger partial charge in [-0.3, -0.25) is 20.0 Å². The number of ketones is 1. The number of allylic oxidation sites excluding steroid dienone is 2. The van der Waals surface area contributed by atoms with E-state index in [0.29, 0.717) is 12.2 Å². The molecule has 2 aliphatic rings. The highest BCUT2D eigenvalue weighted by atomic mass is 32.1. The van der Waals surface area contributed by atoms with E-state index < -0.39 is 4.92 Å². The van der Waals surface area contributed by atoms with E-state index in [1.165, 1.54) is 12.1 Å². The molecule has 0 fully saturated rings. The third-order valence-corrected chi connectivity index (χ3v) is 6.70. The van der Waals surface area contributed by atoms with Gasteiger partial charge in [-0.25, -0.2) is 0 Å². The van der Waals surface area contributed by atoms with Gasteiger partial charge in [0.2, 0.25) is 0 Å². The number of carbonyl (C=O) groups excluding carboxylic acids is 1. The molecule has 0 radical (unpaired) electrons. The van der Waals surface area contributed by atoms with Crippen LogP contribution in [-0.4, -0.2) is 20.9 Å². The maximum atomic E-state index is 13.3. The molecule has 0 saturated carbocycles. The van der Waals surface area contributed by atoms with Crippen molar-refractivity contribution in [2.45, 2.75) is 32.6 Å². The molecule has 5 rings (SSSR count). The zero-order chi connectivity index (χ0) is 21.0. The zero-order valence-corrected chi connectivity index (χ0v) is 17.4. The highest BCUT2D eigenvalue weighted by molar-refractivity contribution is 7.10. The number of benzene rings is 1. The Bertz CT molecular complexity index is 1190. The van der Waals surface area contributed by atoms with E-state index in [1.54, 1.807) is 23.5 Å². The van der Waals surface area contributed by atoms with E-state index in [0.717, 1.165) is 39.4 Å². The van der Waals surface area contributed by atoms with Crippen molar-refractivity contribution in [1.82, 2.24) is 10.2 Å². The molecule has 1 unspecified atom stereocenters. The SMILES string of the molecule is CC1(C)CC(=O)C2=C(C1)Nc1n[nH]c(-c3ccc([N+](=O)[O-])cc3)c1C2c1cccs1. The molecule has 0 amide bonds. The molecule has 2 N–H and O–H groups in total. The van der Waals surface area contributed by atoms with Crippen LogP contribution in [0.25, 0.3) is 11.3 Å². The summed E-state index contributed by atoms with van der Waals surface area (Å²) in [5, 5.41) is 24.0. The fourth-order valence-corrected chi connectivity index (χ4v) is 5.35. The van der Waals surface area contributed by atoms with Crippen molar-refractivity contribution in [3.8, 4) is 11.3 Å². The molecule has 1 aromatic carbocycles. The van der Waals surface area contributed by atoms with E-state index in [2.05, 4.69) is 35.4 Å². The first kappa shape index (κ1) is 18.7. The summed E-state index contributed by atoms with van der Waals surface area (Å²) >= 11 is 1.62. The minimum Gasteiger partial charge on any atom is -0.342 e. The number of nitrogens with one attached hydrogen (secondary N) is 2. The van der Waals surface area contributed by atoms with Crippen LogP contribution >= 0.6 is 11.3 Å². The number of hydrogen-bond acceptors (Lipinski definition) is 6. The van der Waals surface area contributed by atoms with Crippen LogP contribution in [0.15, 0.2) is 53.0 Å². The Kier molecular flexibility index (Phi) is 4.14. The fourth-order valence-electron chi connectivity index (χ4n) is 4.51. The number of hydrogen-bond donors (Lipinski definition) is 2. The van der Waals surface area contributed by atoms with Crippen LogP contribution in [0.2, 0.25) is 0 Å². The Morgan fingerprint density at radius 3 is 2.63 bits per heavy atom. The summed E-state index contributed by atoms with van der Waals surface area (Å²) in [4.78, 5) is 24.9. The first-order valence-corrected chi connectivity index (χ1v) is 10.6. The van der Waals surface area contributed by atoms with Gasteiger partial charge in [-0.2, -0.15) is 5.10 Å². The number of thiophene rings is 1. The molecule has 152 valence electrons. The predicted octanol–water partition coefficient (Wildman–Crippen LogP) is 5.25. The quantitative estimate of drug-likeness (QED) is 0.445. The van der Waals surface area contributed by atoms with Crippen molar-refractivity contribution < 1.29 is 9.72 Å². The van der Waals surface area contributed by atoms with Crippen molar-refractivity contribution in [2.24, 2.45) is 5.41 Å². The van der Waals surface area contributed by atoms with Crippen molar-refractivity contribution in [1.29, 1.82) is 0 Å². The summed E-state index contributed by atoms with van der Waals surface area (Å²) in [7, 11) is 0. The van der Waals surface area contributed by atoms with Gasteiger partial charge in [0, 0.05) is 45.8 Å². The number of fused-ring (bicyclic) bond motifs is 1. The van der Waals surface area contributed by atoms with Crippen molar-refractivity contribution in [3.05, 3.63) is 73.6 Å². The number of H-pyrrole nitrogens is 1. The lowest BCUT2D eigenvalue weighted by Gasteiger charge is -2.37. The van der Waals surface area contributed by atoms with Gasteiger partial charge in [0.05, 0.1) is 16.5 Å². The molecule has 7 nitrogen and oxygen atoms in total. The van der Waals surface area contributed by atoms with Crippen LogP contribution in [0.5, 0.6) is 0 Å². The van der Waals surface area contributed by atoms with Gasteiger partial charge < -0.3 is 5.32 Å². The highest BCUT2D eigenvalue weighted by Crippen LogP contribution is 2.51. The van der Waals surface area contributed by atoms with Crippen LogP contribution in [0.4, 0.5) is 11.5 Å². The van der Waals surface area contributed by atoms with Crippen LogP contribution in [0, 0.1) is 15.5 Å². The van der Waals surface area contributed by atoms with Crippen molar-refractivity contribution in [3.63, 3.8) is 0 Å². The van der Waals surface area contributed by atoms with Crippen LogP contribution in [-0.2, 0) is 4.79 Å². The lowest BCUT2D eigenvalue weighted by Crippen LogP contribution is -2.33. The summed E-state index contributed by atoms with van der Waals surface area (Å²) in [6.07, 6.45) is 1.30. The third-order valence-electron chi connectivity index (χ3n) is 5.77. The van der Waals surface area contributed by atoms with Gasteiger partial charge >= 0.3 is 0 Å². The van der Waals surface area contributed by atoms with Crippen molar-refractivity contribution >= 4 is 28.6 Å². The molecule has 0 saturated heterocycles. The average molecular weight is 420 g/mol. The Morgan fingerprint density at radius 2 is 1.97 bits per heavy atom. The van der Waals surface area contributed by atoms with E-state index in [4.69, 9.17) is 0 Å². The van der Waals surface area contributed by atoms with E-state index in [1.807, 2.05) is 11.4 Å². The maximum Gasteiger partial charge on any atom is 0.269 e.